The SMILES string of the molecule is Cn1c(=O)c2c3c(oc2n(C)c1=O)C=CC=CC3. The third-order valence-electron chi connectivity index (χ3n) is 3.23. The van der Waals surface area contributed by atoms with Gasteiger partial charge in [0.05, 0.1) is 0 Å². The van der Waals surface area contributed by atoms with Crippen LogP contribution in [0.5, 0.6) is 0 Å². The van der Waals surface area contributed by atoms with Crippen LogP contribution < -0.4 is 11.2 Å². The highest BCUT2D eigenvalue weighted by molar-refractivity contribution is 5.82. The summed E-state index contributed by atoms with van der Waals surface area (Å²) in [4.78, 5) is 24.0. The molecule has 0 fully saturated rings. The summed E-state index contributed by atoms with van der Waals surface area (Å²) >= 11 is 0. The van der Waals surface area contributed by atoms with Crippen molar-refractivity contribution in [3.8, 4) is 0 Å². The summed E-state index contributed by atoms with van der Waals surface area (Å²) in [5, 5.41) is 0.491. The molecule has 0 saturated carbocycles. The van der Waals surface area contributed by atoms with E-state index in [1.54, 1.807) is 7.05 Å². The van der Waals surface area contributed by atoms with Crippen molar-refractivity contribution in [2.75, 3.05) is 0 Å². The molecule has 18 heavy (non-hydrogen) atoms. The first-order valence-electron chi connectivity index (χ1n) is 5.66. The molecular formula is C13H12N2O3. The molecule has 1 aliphatic carbocycles. The molecule has 1 aliphatic rings. The van der Waals surface area contributed by atoms with Crippen molar-refractivity contribution in [3.05, 3.63) is 50.4 Å². The van der Waals surface area contributed by atoms with Crippen LogP contribution in [-0.2, 0) is 20.5 Å². The molecule has 0 atom stereocenters. The molecule has 0 radical (unpaired) electrons. The minimum Gasteiger partial charge on any atom is -0.439 e. The summed E-state index contributed by atoms with van der Waals surface area (Å²) in [6, 6.07) is 0. The highest BCUT2D eigenvalue weighted by atomic mass is 16.3. The summed E-state index contributed by atoms with van der Waals surface area (Å²) in [7, 11) is 3.08. The van der Waals surface area contributed by atoms with Crippen molar-refractivity contribution in [1.82, 2.24) is 9.13 Å². The smallest absolute Gasteiger partial charge is 0.333 e. The number of allylic oxidation sites excluding steroid dienone is 3. The van der Waals surface area contributed by atoms with Crippen molar-refractivity contribution in [3.63, 3.8) is 0 Å². The van der Waals surface area contributed by atoms with Crippen LogP contribution in [0, 0.1) is 0 Å². The molecule has 0 amide bonds. The summed E-state index contributed by atoms with van der Waals surface area (Å²) in [5.74, 6) is 0.647. The first-order chi connectivity index (χ1) is 8.61. The number of aromatic nitrogens is 2. The first kappa shape index (κ1) is 10.8. The van der Waals surface area contributed by atoms with E-state index in [2.05, 4.69) is 0 Å². The maximum Gasteiger partial charge on any atom is 0.333 e. The minimum atomic E-state index is -0.379. The van der Waals surface area contributed by atoms with Gasteiger partial charge in [-0.1, -0.05) is 18.2 Å². The van der Waals surface area contributed by atoms with Gasteiger partial charge in [0.25, 0.3) is 5.56 Å². The number of hydrogen-bond acceptors (Lipinski definition) is 3. The standard InChI is InChI=1S/C13H12N2O3/c1-14-11(16)10-8-6-4-3-5-7-9(8)18-12(10)15(2)13(14)17/h3-5,7H,6H2,1-2H3. The van der Waals surface area contributed by atoms with Gasteiger partial charge in [0.1, 0.15) is 11.1 Å². The van der Waals surface area contributed by atoms with Crippen LogP contribution in [0.4, 0.5) is 0 Å². The number of fused-ring (bicyclic) bond motifs is 3. The van der Waals surface area contributed by atoms with Gasteiger partial charge in [-0.05, 0) is 12.5 Å². The Kier molecular flexibility index (Phi) is 2.16. The number of rotatable bonds is 0. The minimum absolute atomic E-state index is 0.304. The zero-order valence-electron chi connectivity index (χ0n) is 10.1. The Morgan fingerprint density at radius 3 is 2.72 bits per heavy atom. The molecule has 0 unspecified atom stereocenters. The lowest BCUT2D eigenvalue weighted by atomic mass is 10.1. The molecule has 92 valence electrons. The topological polar surface area (TPSA) is 57.1 Å². The van der Waals surface area contributed by atoms with Crippen molar-refractivity contribution < 1.29 is 4.42 Å². The molecule has 2 aromatic heterocycles. The molecule has 0 saturated heterocycles. The lowest BCUT2D eigenvalue weighted by Crippen LogP contribution is -2.36. The molecule has 0 aromatic carbocycles. The number of furan rings is 1. The van der Waals surface area contributed by atoms with Gasteiger partial charge in [0.15, 0.2) is 0 Å². The highest BCUT2D eigenvalue weighted by Gasteiger charge is 2.19. The van der Waals surface area contributed by atoms with E-state index in [1.165, 1.54) is 11.6 Å². The second-order valence-corrected chi connectivity index (χ2v) is 4.32. The zero-order chi connectivity index (χ0) is 12.9. The fourth-order valence-electron chi connectivity index (χ4n) is 2.24. The molecule has 0 bridgehead atoms. The Morgan fingerprint density at radius 1 is 1.17 bits per heavy atom. The molecule has 2 heterocycles. The molecule has 0 aliphatic heterocycles. The largest absolute Gasteiger partial charge is 0.439 e. The fourth-order valence-corrected chi connectivity index (χ4v) is 2.24. The predicted octanol–water partition coefficient (Wildman–Crippen LogP) is 0.956. The van der Waals surface area contributed by atoms with Gasteiger partial charge in [0.2, 0.25) is 5.71 Å². The van der Waals surface area contributed by atoms with Crippen LogP contribution in [0.1, 0.15) is 11.3 Å². The summed E-state index contributed by atoms with van der Waals surface area (Å²) in [6.07, 6.45) is 8.16. The van der Waals surface area contributed by atoms with Crippen molar-refractivity contribution in [2.24, 2.45) is 14.1 Å². The fraction of sp³-hybridized carbons (Fsp3) is 0.231. The van der Waals surface area contributed by atoms with Gasteiger partial charge in [0, 0.05) is 19.7 Å². The Labute approximate surface area is 102 Å². The van der Waals surface area contributed by atoms with E-state index in [0.717, 1.165) is 10.1 Å². The predicted molar refractivity (Wildman–Crippen MR) is 68.6 cm³/mol. The summed E-state index contributed by atoms with van der Waals surface area (Å²) < 4.78 is 8.11. The average Bonchev–Trinajstić information content (AvgIpc) is 2.57. The van der Waals surface area contributed by atoms with E-state index in [9.17, 15) is 9.59 Å². The quantitative estimate of drug-likeness (QED) is 0.693. The van der Waals surface area contributed by atoms with Gasteiger partial charge in [-0.2, -0.15) is 0 Å². The van der Waals surface area contributed by atoms with Crippen LogP contribution in [0.15, 0.2) is 32.2 Å². The van der Waals surface area contributed by atoms with Crippen LogP contribution in [0.2, 0.25) is 0 Å². The van der Waals surface area contributed by atoms with Gasteiger partial charge in [-0.3, -0.25) is 13.9 Å². The summed E-state index contributed by atoms with van der Waals surface area (Å²) in [6.45, 7) is 0. The Hall–Kier alpha value is -2.30. The summed E-state index contributed by atoms with van der Waals surface area (Å²) in [5.41, 5.74) is 0.497. The van der Waals surface area contributed by atoms with Crippen LogP contribution in [0.3, 0.4) is 0 Å². The van der Waals surface area contributed by atoms with Crippen molar-refractivity contribution in [1.29, 1.82) is 0 Å². The monoisotopic (exact) mass is 244 g/mol. The van der Waals surface area contributed by atoms with E-state index in [1.807, 2.05) is 24.3 Å². The third kappa shape index (κ3) is 1.27. The van der Waals surface area contributed by atoms with E-state index >= 15 is 0 Å². The van der Waals surface area contributed by atoms with E-state index < -0.39 is 0 Å². The lowest BCUT2D eigenvalue weighted by Gasteiger charge is -2.02. The molecule has 5 nitrogen and oxygen atoms in total. The molecule has 5 heteroatoms. The zero-order valence-corrected chi connectivity index (χ0v) is 10.1. The molecule has 0 N–H and O–H groups in total. The van der Waals surface area contributed by atoms with Crippen molar-refractivity contribution in [2.45, 2.75) is 6.42 Å². The van der Waals surface area contributed by atoms with Gasteiger partial charge >= 0.3 is 5.69 Å². The van der Waals surface area contributed by atoms with Crippen LogP contribution >= 0.6 is 0 Å². The molecule has 3 rings (SSSR count). The number of hydrogen-bond donors (Lipinski definition) is 0. The second kappa shape index (κ2) is 3.60. The molecule has 2 aromatic rings. The normalized spacial score (nSPS) is 13.9. The lowest BCUT2D eigenvalue weighted by molar-refractivity contribution is 0.553. The van der Waals surface area contributed by atoms with Gasteiger partial charge in [-0.15, -0.1) is 0 Å². The Bertz CT molecular complexity index is 815. The number of aryl methyl sites for hydroxylation is 1. The number of nitrogens with zero attached hydrogens (tertiary/aromatic N) is 2. The van der Waals surface area contributed by atoms with E-state index in [0.29, 0.717) is 23.3 Å². The Morgan fingerprint density at radius 2 is 1.94 bits per heavy atom. The second-order valence-electron chi connectivity index (χ2n) is 4.32. The van der Waals surface area contributed by atoms with E-state index in [4.69, 9.17) is 4.42 Å². The maximum absolute atomic E-state index is 12.2. The third-order valence-corrected chi connectivity index (χ3v) is 3.23. The van der Waals surface area contributed by atoms with Crippen LogP contribution in [0.25, 0.3) is 17.2 Å². The first-order valence-corrected chi connectivity index (χ1v) is 5.66. The highest BCUT2D eigenvalue weighted by Crippen LogP contribution is 2.25. The van der Waals surface area contributed by atoms with Crippen LogP contribution in [-0.4, -0.2) is 9.13 Å². The maximum atomic E-state index is 12.2. The van der Waals surface area contributed by atoms with Gasteiger partial charge in [-0.25, -0.2) is 4.79 Å². The molecule has 0 spiro atoms. The van der Waals surface area contributed by atoms with Gasteiger partial charge < -0.3 is 4.42 Å². The Balaban J connectivity index is 2.57. The van der Waals surface area contributed by atoms with Crippen molar-refractivity contribution >= 4 is 17.2 Å². The average molecular weight is 244 g/mol. The molecular weight excluding hydrogens is 232 g/mol. The van der Waals surface area contributed by atoms with E-state index in [-0.39, 0.29) is 11.2 Å².